The van der Waals surface area contributed by atoms with E-state index in [1.54, 1.807) is 11.0 Å². The first-order chi connectivity index (χ1) is 8.27. The van der Waals surface area contributed by atoms with Gasteiger partial charge in [-0.05, 0) is 38.8 Å². The highest BCUT2D eigenvalue weighted by molar-refractivity contribution is 5.79. The predicted octanol–water partition coefficient (Wildman–Crippen LogP) is -0.0451. The Balaban J connectivity index is 1.76. The second-order valence-corrected chi connectivity index (χ2v) is 4.49. The lowest BCUT2D eigenvalue weighted by molar-refractivity contribution is -0.124. The molecule has 1 aromatic heterocycles. The van der Waals surface area contributed by atoms with Crippen molar-refractivity contribution in [2.75, 3.05) is 19.6 Å². The van der Waals surface area contributed by atoms with E-state index in [2.05, 4.69) is 20.7 Å². The molecule has 1 atom stereocenters. The number of nitrogens with zero attached hydrogens (tertiary/aromatic N) is 3. The average molecular weight is 237 g/mol. The van der Waals surface area contributed by atoms with Crippen LogP contribution in [-0.4, -0.2) is 40.3 Å². The van der Waals surface area contributed by atoms with Crippen molar-refractivity contribution in [2.45, 2.75) is 25.8 Å². The molecular weight excluding hydrogens is 218 g/mol. The van der Waals surface area contributed by atoms with Crippen molar-refractivity contribution in [3.05, 3.63) is 12.7 Å². The Hall–Kier alpha value is -1.43. The number of hydrogen-bond acceptors (Lipinski definition) is 4. The molecule has 94 valence electrons. The number of amides is 1. The highest BCUT2D eigenvalue weighted by Gasteiger charge is 2.18. The zero-order chi connectivity index (χ0) is 12.1. The molecule has 1 aliphatic rings. The Morgan fingerprint density at radius 2 is 2.35 bits per heavy atom. The van der Waals surface area contributed by atoms with Gasteiger partial charge in [0.05, 0.1) is 0 Å². The molecule has 1 fully saturated rings. The quantitative estimate of drug-likeness (QED) is 0.770. The molecule has 2 heterocycles. The van der Waals surface area contributed by atoms with E-state index in [9.17, 15) is 4.79 Å². The first-order valence-corrected chi connectivity index (χ1v) is 6.10. The van der Waals surface area contributed by atoms with Crippen LogP contribution in [0.1, 0.15) is 25.8 Å². The Labute approximate surface area is 101 Å². The Morgan fingerprint density at radius 1 is 1.59 bits per heavy atom. The molecule has 1 aromatic rings. The molecule has 6 heteroatoms. The van der Waals surface area contributed by atoms with Crippen LogP contribution in [0.3, 0.4) is 0 Å². The average Bonchev–Trinajstić information content (AvgIpc) is 2.90. The van der Waals surface area contributed by atoms with Crippen LogP contribution in [0.5, 0.6) is 0 Å². The number of aromatic nitrogens is 3. The number of carbonyl (C=O) groups is 1. The summed E-state index contributed by atoms with van der Waals surface area (Å²) in [6, 6.07) is -0.292. The van der Waals surface area contributed by atoms with Gasteiger partial charge in [-0.15, -0.1) is 0 Å². The van der Waals surface area contributed by atoms with Crippen LogP contribution in [0.25, 0.3) is 0 Å². The zero-order valence-electron chi connectivity index (χ0n) is 10.1. The van der Waals surface area contributed by atoms with E-state index in [0.29, 0.717) is 5.92 Å². The molecule has 0 spiro atoms. The van der Waals surface area contributed by atoms with Gasteiger partial charge < -0.3 is 10.6 Å². The van der Waals surface area contributed by atoms with Gasteiger partial charge in [-0.1, -0.05) is 0 Å². The molecule has 0 radical (unpaired) electrons. The molecule has 1 saturated heterocycles. The Kier molecular flexibility index (Phi) is 4.08. The fraction of sp³-hybridized carbons (Fsp3) is 0.727. The molecule has 0 bridgehead atoms. The van der Waals surface area contributed by atoms with E-state index < -0.39 is 0 Å². The third-order valence-electron chi connectivity index (χ3n) is 3.24. The van der Waals surface area contributed by atoms with Gasteiger partial charge in [0.15, 0.2) is 0 Å². The minimum Gasteiger partial charge on any atom is -0.354 e. The molecule has 1 unspecified atom stereocenters. The molecule has 0 aromatic carbocycles. The molecule has 6 nitrogen and oxygen atoms in total. The second kappa shape index (κ2) is 5.77. The lowest BCUT2D eigenvalue weighted by atomic mass is 9.98. The van der Waals surface area contributed by atoms with E-state index in [1.165, 1.54) is 6.33 Å². The fourth-order valence-electron chi connectivity index (χ4n) is 2.02. The third kappa shape index (κ3) is 3.26. The maximum absolute atomic E-state index is 11.9. The summed E-state index contributed by atoms with van der Waals surface area (Å²) in [6.45, 7) is 4.70. The lowest BCUT2D eigenvalue weighted by Gasteiger charge is -2.23. The van der Waals surface area contributed by atoms with Crippen molar-refractivity contribution in [3.8, 4) is 0 Å². The van der Waals surface area contributed by atoms with Crippen LogP contribution in [0.2, 0.25) is 0 Å². The summed E-state index contributed by atoms with van der Waals surface area (Å²) in [5.74, 6) is 0.608. The van der Waals surface area contributed by atoms with E-state index in [1.807, 2.05) is 6.92 Å². The summed E-state index contributed by atoms with van der Waals surface area (Å²) in [7, 11) is 0. The van der Waals surface area contributed by atoms with Crippen LogP contribution in [0, 0.1) is 5.92 Å². The van der Waals surface area contributed by atoms with E-state index >= 15 is 0 Å². The maximum atomic E-state index is 11.9. The van der Waals surface area contributed by atoms with Crippen molar-refractivity contribution in [1.29, 1.82) is 0 Å². The molecule has 1 aliphatic heterocycles. The topological polar surface area (TPSA) is 71.8 Å². The van der Waals surface area contributed by atoms with Crippen molar-refractivity contribution in [2.24, 2.45) is 5.92 Å². The number of carbonyl (C=O) groups excluding carboxylic acids is 1. The van der Waals surface area contributed by atoms with E-state index in [4.69, 9.17) is 0 Å². The summed E-state index contributed by atoms with van der Waals surface area (Å²) in [6.07, 6.45) is 5.28. The minimum absolute atomic E-state index is 0.00836. The number of rotatable bonds is 4. The molecule has 17 heavy (non-hydrogen) atoms. The van der Waals surface area contributed by atoms with Gasteiger partial charge in [0, 0.05) is 6.54 Å². The van der Waals surface area contributed by atoms with Gasteiger partial charge in [-0.2, -0.15) is 5.10 Å². The monoisotopic (exact) mass is 237 g/mol. The first-order valence-electron chi connectivity index (χ1n) is 6.10. The predicted molar refractivity (Wildman–Crippen MR) is 63.3 cm³/mol. The van der Waals surface area contributed by atoms with Gasteiger partial charge in [0.25, 0.3) is 0 Å². The summed E-state index contributed by atoms with van der Waals surface area (Å²) >= 11 is 0. The maximum Gasteiger partial charge on any atom is 0.244 e. The van der Waals surface area contributed by atoms with Gasteiger partial charge in [0.2, 0.25) is 5.91 Å². The lowest BCUT2D eigenvalue weighted by Crippen LogP contribution is -2.38. The van der Waals surface area contributed by atoms with E-state index in [0.717, 1.165) is 32.5 Å². The Morgan fingerprint density at radius 3 is 3.00 bits per heavy atom. The van der Waals surface area contributed by atoms with Gasteiger partial charge >= 0.3 is 0 Å². The molecule has 1 amide bonds. The van der Waals surface area contributed by atoms with Crippen molar-refractivity contribution in [1.82, 2.24) is 25.4 Å². The summed E-state index contributed by atoms with van der Waals surface area (Å²) in [5.41, 5.74) is 0. The van der Waals surface area contributed by atoms with Gasteiger partial charge in [-0.3, -0.25) is 4.79 Å². The SMILES string of the molecule is CC(C(=O)NCC1CCNCC1)n1cncn1. The number of nitrogens with one attached hydrogen (secondary N) is 2. The normalized spacial score (nSPS) is 18.9. The summed E-state index contributed by atoms with van der Waals surface area (Å²) < 4.78 is 1.57. The number of hydrogen-bond donors (Lipinski definition) is 2. The fourth-order valence-corrected chi connectivity index (χ4v) is 2.02. The number of piperidine rings is 1. The molecular formula is C11H19N5O. The molecule has 2 N–H and O–H groups in total. The van der Waals surface area contributed by atoms with Crippen LogP contribution >= 0.6 is 0 Å². The Bertz CT molecular complexity index is 345. The van der Waals surface area contributed by atoms with Gasteiger partial charge in [0.1, 0.15) is 18.7 Å². The van der Waals surface area contributed by atoms with Crippen LogP contribution in [0.4, 0.5) is 0 Å². The van der Waals surface area contributed by atoms with Crippen molar-refractivity contribution < 1.29 is 4.79 Å². The standard InChI is InChI=1S/C11H19N5O/c1-9(16-8-13-7-15-16)11(17)14-6-10-2-4-12-5-3-10/h7-10,12H,2-6H2,1H3,(H,14,17). The first kappa shape index (κ1) is 12.0. The van der Waals surface area contributed by atoms with Crippen LogP contribution in [-0.2, 0) is 4.79 Å². The van der Waals surface area contributed by atoms with Crippen molar-refractivity contribution >= 4 is 5.91 Å². The van der Waals surface area contributed by atoms with Crippen LogP contribution in [0.15, 0.2) is 12.7 Å². The van der Waals surface area contributed by atoms with Gasteiger partial charge in [-0.25, -0.2) is 9.67 Å². The largest absolute Gasteiger partial charge is 0.354 e. The second-order valence-electron chi connectivity index (χ2n) is 4.49. The molecule has 0 aliphatic carbocycles. The zero-order valence-corrected chi connectivity index (χ0v) is 10.1. The molecule has 0 saturated carbocycles. The smallest absolute Gasteiger partial charge is 0.244 e. The third-order valence-corrected chi connectivity index (χ3v) is 3.24. The van der Waals surface area contributed by atoms with Crippen LogP contribution < -0.4 is 10.6 Å². The molecule has 2 rings (SSSR count). The highest BCUT2D eigenvalue weighted by atomic mass is 16.2. The van der Waals surface area contributed by atoms with Crippen molar-refractivity contribution in [3.63, 3.8) is 0 Å². The minimum atomic E-state index is -0.292. The summed E-state index contributed by atoms with van der Waals surface area (Å²) in [5, 5.41) is 10.3. The van der Waals surface area contributed by atoms with E-state index in [-0.39, 0.29) is 11.9 Å². The highest BCUT2D eigenvalue weighted by Crippen LogP contribution is 2.10. The summed E-state index contributed by atoms with van der Waals surface area (Å²) in [4.78, 5) is 15.7.